The summed E-state index contributed by atoms with van der Waals surface area (Å²) in [6, 6.07) is 18.1. The van der Waals surface area contributed by atoms with E-state index in [0.29, 0.717) is 17.2 Å². The van der Waals surface area contributed by atoms with E-state index in [-0.39, 0.29) is 17.7 Å². The first kappa shape index (κ1) is 20.6. The molecule has 0 aliphatic heterocycles. The molecule has 7 nitrogen and oxygen atoms in total. The van der Waals surface area contributed by atoms with Gasteiger partial charge in [-0.3, -0.25) is 4.99 Å². The van der Waals surface area contributed by atoms with Gasteiger partial charge in [0.05, 0.1) is 23.9 Å². The molecule has 30 heavy (non-hydrogen) atoms. The quantitative estimate of drug-likeness (QED) is 0.538. The van der Waals surface area contributed by atoms with Crippen molar-refractivity contribution in [3.63, 3.8) is 0 Å². The largest absolute Gasteiger partial charge is 0.493 e. The minimum Gasteiger partial charge on any atom is -0.493 e. The van der Waals surface area contributed by atoms with Crippen molar-refractivity contribution in [1.82, 2.24) is 0 Å². The van der Waals surface area contributed by atoms with Crippen molar-refractivity contribution < 1.29 is 29.3 Å². The molecule has 0 spiro atoms. The summed E-state index contributed by atoms with van der Waals surface area (Å²) in [7, 11) is 1.54. The van der Waals surface area contributed by atoms with Crippen molar-refractivity contribution in [2.45, 2.75) is 6.61 Å². The minimum atomic E-state index is -0.983. The van der Waals surface area contributed by atoms with Crippen molar-refractivity contribution >= 4 is 23.8 Å². The molecule has 0 atom stereocenters. The van der Waals surface area contributed by atoms with Gasteiger partial charge >= 0.3 is 11.9 Å². The number of carbonyl (C=O) groups is 2. The van der Waals surface area contributed by atoms with E-state index in [4.69, 9.17) is 19.7 Å². The first-order chi connectivity index (χ1) is 14.5. The van der Waals surface area contributed by atoms with Crippen molar-refractivity contribution in [2.75, 3.05) is 7.11 Å². The minimum absolute atomic E-state index is 0.203. The van der Waals surface area contributed by atoms with Gasteiger partial charge in [-0.15, -0.1) is 0 Å². The molecule has 2 N–H and O–H groups in total. The number of hydrogen-bond donors (Lipinski definition) is 2. The Balaban J connectivity index is 1.68. The van der Waals surface area contributed by atoms with Crippen LogP contribution in [0.5, 0.6) is 11.5 Å². The lowest BCUT2D eigenvalue weighted by Crippen LogP contribution is -2.00. The molecule has 3 aromatic rings. The fourth-order valence-electron chi connectivity index (χ4n) is 2.63. The summed E-state index contributed by atoms with van der Waals surface area (Å²) in [6.07, 6.45) is 1.65. The maximum Gasteiger partial charge on any atom is 0.335 e. The second-order valence-electron chi connectivity index (χ2n) is 6.31. The van der Waals surface area contributed by atoms with Gasteiger partial charge in [0, 0.05) is 6.21 Å². The first-order valence-corrected chi connectivity index (χ1v) is 8.97. The Morgan fingerprint density at radius 1 is 0.867 bits per heavy atom. The Labute approximate surface area is 172 Å². The predicted octanol–water partition coefficient (Wildman–Crippen LogP) is 4.42. The summed E-state index contributed by atoms with van der Waals surface area (Å²) >= 11 is 0. The third-order valence-electron chi connectivity index (χ3n) is 4.26. The van der Waals surface area contributed by atoms with Crippen LogP contribution in [0.1, 0.15) is 31.8 Å². The van der Waals surface area contributed by atoms with Gasteiger partial charge in [0.1, 0.15) is 6.61 Å². The highest BCUT2D eigenvalue weighted by Gasteiger charge is 2.07. The van der Waals surface area contributed by atoms with Gasteiger partial charge in [0.2, 0.25) is 0 Å². The van der Waals surface area contributed by atoms with E-state index in [1.165, 1.54) is 31.4 Å². The lowest BCUT2D eigenvalue weighted by atomic mass is 10.1. The van der Waals surface area contributed by atoms with Gasteiger partial charge in [0.15, 0.2) is 11.5 Å². The van der Waals surface area contributed by atoms with Crippen molar-refractivity contribution in [3.05, 3.63) is 89.0 Å². The number of aromatic carboxylic acids is 2. The molecule has 0 aliphatic carbocycles. The van der Waals surface area contributed by atoms with Gasteiger partial charge in [-0.2, -0.15) is 0 Å². The molecule has 0 fully saturated rings. The van der Waals surface area contributed by atoms with Gasteiger partial charge in [-0.05, 0) is 65.7 Å². The molecule has 0 amide bonds. The van der Waals surface area contributed by atoms with Gasteiger partial charge in [-0.1, -0.05) is 12.1 Å². The molecule has 3 rings (SSSR count). The van der Waals surface area contributed by atoms with Crippen LogP contribution < -0.4 is 9.47 Å². The van der Waals surface area contributed by atoms with Gasteiger partial charge < -0.3 is 19.7 Å². The SMILES string of the molecule is COc1cc(C=Nc2ccc(C(=O)O)cc2)ccc1OCc1ccc(C(=O)O)cc1. The van der Waals surface area contributed by atoms with Crippen LogP contribution >= 0.6 is 0 Å². The molecule has 0 unspecified atom stereocenters. The van der Waals surface area contributed by atoms with E-state index >= 15 is 0 Å². The molecule has 3 aromatic carbocycles. The highest BCUT2D eigenvalue weighted by atomic mass is 16.5. The first-order valence-electron chi connectivity index (χ1n) is 8.97. The average molecular weight is 405 g/mol. The molecule has 0 bridgehead atoms. The van der Waals surface area contributed by atoms with Crippen LogP contribution in [0.4, 0.5) is 5.69 Å². The molecule has 0 saturated carbocycles. The standard InChI is InChI=1S/C23H19NO6/c1-29-21-12-16(13-24-19-9-7-18(8-10-19)23(27)28)4-11-20(21)30-14-15-2-5-17(6-3-15)22(25)26/h2-13H,14H2,1H3,(H,25,26)(H,27,28). The predicted molar refractivity (Wildman–Crippen MR) is 111 cm³/mol. The maximum atomic E-state index is 10.9. The van der Waals surface area contributed by atoms with Crippen LogP contribution in [0, 0.1) is 0 Å². The number of ether oxygens (including phenoxy) is 2. The highest BCUT2D eigenvalue weighted by Crippen LogP contribution is 2.28. The van der Waals surface area contributed by atoms with E-state index in [1.807, 2.05) is 6.07 Å². The maximum absolute atomic E-state index is 10.9. The Morgan fingerprint density at radius 3 is 2.03 bits per heavy atom. The topological polar surface area (TPSA) is 105 Å². The Morgan fingerprint density at radius 2 is 1.47 bits per heavy atom. The summed E-state index contributed by atoms with van der Waals surface area (Å²) in [5, 5.41) is 17.9. The molecule has 0 aliphatic rings. The smallest absolute Gasteiger partial charge is 0.335 e. The number of nitrogens with zero attached hydrogens (tertiary/aromatic N) is 1. The third-order valence-corrected chi connectivity index (χ3v) is 4.26. The zero-order chi connectivity index (χ0) is 21.5. The summed E-state index contributed by atoms with van der Waals surface area (Å²) in [4.78, 5) is 26.1. The number of benzene rings is 3. The van der Waals surface area contributed by atoms with E-state index in [0.717, 1.165) is 11.1 Å². The van der Waals surface area contributed by atoms with Crippen molar-refractivity contribution in [2.24, 2.45) is 4.99 Å². The van der Waals surface area contributed by atoms with E-state index in [1.54, 1.807) is 42.6 Å². The van der Waals surface area contributed by atoms with Crippen molar-refractivity contribution in [3.8, 4) is 11.5 Å². The number of rotatable bonds is 8. The fraction of sp³-hybridized carbons (Fsp3) is 0.0870. The molecule has 0 saturated heterocycles. The number of carboxylic acid groups (broad SMARTS) is 2. The number of methoxy groups -OCH3 is 1. The third kappa shape index (κ3) is 5.23. The van der Waals surface area contributed by atoms with E-state index in [2.05, 4.69) is 4.99 Å². The molecular weight excluding hydrogens is 386 g/mol. The average Bonchev–Trinajstić information content (AvgIpc) is 2.77. The monoisotopic (exact) mass is 405 g/mol. The molecule has 0 heterocycles. The Hall–Kier alpha value is -4.13. The van der Waals surface area contributed by atoms with Crippen LogP contribution in [0.15, 0.2) is 71.7 Å². The summed E-state index contributed by atoms with van der Waals surface area (Å²) in [5.74, 6) is -0.881. The lowest BCUT2D eigenvalue weighted by molar-refractivity contribution is 0.0686. The highest BCUT2D eigenvalue weighted by molar-refractivity contribution is 5.88. The van der Waals surface area contributed by atoms with Crippen LogP contribution in [0.25, 0.3) is 0 Å². The van der Waals surface area contributed by atoms with Crippen molar-refractivity contribution in [1.29, 1.82) is 0 Å². The molecule has 0 radical (unpaired) electrons. The molecule has 152 valence electrons. The van der Waals surface area contributed by atoms with E-state index in [9.17, 15) is 9.59 Å². The second-order valence-corrected chi connectivity index (χ2v) is 6.31. The second kappa shape index (κ2) is 9.38. The van der Waals surface area contributed by atoms with Crippen LogP contribution in [0.2, 0.25) is 0 Å². The van der Waals surface area contributed by atoms with Crippen LogP contribution in [-0.2, 0) is 6.61 Å². The van der Waals surface area contributed by atoms with E-state index < -0.39 is 11.9 Å². The Bertz CT molecular complexity index is 1070. The molecule has 7 heteroatoms. The van der Waals surface area contributed by atoms with Crippen LogP contribution in [0.3, 0.4) is 0 Å². The number of hydrogen-bond acceptors (Lipinski definition) is 5. The zero-order valence-electron chi connectivity index (χ0n) is 16.1. The fourth-order valence-corrected chi connectivity index (χ4v) is 2.63. The zero-order valence-corrected chi connectivity index (χ0v) is 16.1. The molecule has 0 aromatic heterocycles. The van der Waals surface area contributed by atoms with Gasteiger partial charge in [-0.25, -0.2) is 9.59 Å². The Kier molecular flexibility index (Phi) is 6.44. The molecular formula is C23H19NO6. The normalized spacial score (nSPS) is 10.7. The number of carboxylic acids is 2. The summed E-state index contributed by atoms with van der Waals surface area (Å²) in [5.41, 5.74) is 2.67. The number of aliphatic imine (C=N–C) groups is 1. The van der Waals surface area contributed by atoms with Crippen LogP contribution in [-0.4, -0.2) is 35.5 Å². The summed E-state index contributed by atoms with van der Waals surface area (Å²) in [6.45, 7) is 0.264. The van der Waals surface area contributed by atoms with Gasteiger partial charge in [0.25, 0.3) is 0 Å². The lowest BCUT2D eigenvalue weighted by Gasteiger charge is -2.11. The summed E-state index contributed by atoms with van der Waals surface area (Å²) < 4.78 is 11.2.